The van der Waals surface area contributed by atoms with Crippen molar-refractivity contribution in [1.29, 1.82) is 0 Å². The lowest BCUT2D eigenvalue weighted by Gasteiger charge is -2.30. The van der Waals surface area contributed by atoms with E-state index in [2.05, 4.69) is 10.1 Å². The molecular formula is C17H16N4O5S2. The van der Waals surface area contributed by atoms with E-state index in [1.807, 2.05) is 17.5 Å². The highest BCUT2D eigenvalue weighted by Crippen LogP contribution is 2.31. The first-order chi connectivity index (χ1) is 13.4. The molecular weight excluding hydrogens is 404 g/mol. The lowest BCUT2D eigenvalue weighted by atomic mass is 10.00. The van der Waals surface area contributed by atoms with Gasteiger partial charge in [0.05, 0.1) is 20.6 Å². The van der Waals surface area contributed by atoms with Crippen molar-refractivity contribution in [3.8, 4) is 10.7 Å². The number of piperidine rings is 1. The molecule has 1 unspecified atom stereocenters. The van der Waals surface area contributed by atoms with E-state index in [9.17, 15) is 18.5 Å². The van der Waals surface area contributed by atoms with Crippen LogP contribution in [0.15, 0.2) is 51.2 Å². The van der Waals surface area contributed by atoms with Gasteiger partial charge in [-0.1, -0.05) is 11.2 Å². The lowest BCUT2D eigenvalue weighted by Crippen LogP contribution is -2.39. The molecule has 0 amide bonds. The molecule has 0 aliphatic carbocycles. The molecule has 1 aliphatic rings. The van der Waals surface area contributed by atoms with Crippen molar-refractivity contribution in [3.63, 3.8) is 0 Å². The minimum absolute atomic E-state index is 0.0311. The molecule has 1 fully saturated rings. The first-order valence-corrected chi connectivity index (χ1v) is 10.9. The van der Waals surface area contributed by atoms with E-state index < -0.39 is 14.9 Å². The predicted octanol–water partition coefficient (Wildman–Crippen LogP) is 3.27. The van der Waals surface area contributed by atoms with Gasteiger partial charge in [-0.05, 0) is 36.4 Å². The van der Waals surface area contributed by atoms with Gasteiger partial charge in [0.25, 0.3) is 5.69 Å². The summed E-state index contributed by atoms with van der Waals surface area (Å²) in [6.07, 6.45) is 1.41. The SMILES string of the molecule is O=[N+]([O-])c1ccc(S(=O)(=O)N2CCCC(c3nc(-c4cccs4)no3)C2)cc1. The number of sulfonamides is 1. The van der Waals surface area contributed by atoms with Crippen LogP contribution in [-0.2, 0) is 10.0 Å². The third kappa shape index (κ3) is 3.55. The number of non-ortho nitro benzene ring substituents is 1. The zero-order chi connectivity index (χ0) is 19.7. The first-order valence-electron chi connectivity index (χ1n) is 8.57. The number of hydrogen-bond acceptors (Lipinski definition) is 8. The Balaban J connectivity index is 1.54. The van der Waals surface area contributed by atoms with Gasteiger partial charge in [-0.15, -0.1) is 11.3 Å². The zero-order valence-electron chi connectivity index (χ0n) is 14.6. The Morgan fingerprint density at radius 1 is 1.25 bits per heavy atom. The van der Waals surface area contributed by atoms with E-state index in [1.165, 1.54) is 39.9 Å². The van der Waals surface area contributed by atoms with E-state index in [0.29, 0.717) is 24.7 Å². The highest BCUT2D eigenvalue weighted by atomic mass is 32.2. The Kier molecular flexibility index (Phi) is 4.96. The van der Waals surface area contributed by atoms with Gasteiger partial charge < -0.3 is 4.52 Å². The summed E-state index contributed by atoms with van der Waals surface area (Å²) in [6, 6.07) is 8.71. The topological polar surface area (TPSA) is 119 Å². The van der Waals surface area contributed by atoms with E-state index >= 15 is 0 Å². The molecule has 4 rings (SSSR count). The molecule has 3 heterocycles. The van der Waals surface area contributed by atoms with Gasteiger partial charge in [0.15, 0.2) is 0 Å². The van der Waals surface area contributed by atoms with Crippen LogP contribution in [0.4, 0.5) is 5.69 Å². The molecule has 1 aliphatic heterocycles. The largest absolute Gasteiger partial charge is 0.339 e. The highest BCUT2D eigenvalue weighted by Gasteiger charge is 2.33. The summed E-state index contributed by atoms with van der Waals surface area (Å²) in [6.45, 7) is 0.604. The van der Waals surface area contributed by atoms with Gasteiger partial charge in [-0.2, -0.15) is 9.29 Å². The van der Waals surface area contributed by atoms with Gasteiger partial charge in [0.2, 0.25) is 21.7 Å². The van der Waals surface area contributed by atoms with E-state index in [-0.39, 0.29) is 23.0 Å². The Labute approximate surface area is 164 Å². The molecule has 1 saturated heterocycles. The average Bonchev–Trinajstić information content (AvgIpc) is 3.40. The summed E-state index contributed by atoms with van der Waals surface area (Å²) in [5.41, 5.74) is -0.151. The van der Waals surface area contributed by atoms with E-state index in [1.54, 1.807) is 0 Å². The first kappa shape index (κ1) is 18.7. The van der Waals surface area contributed by atoms with Crippen LogP contribution < -0.4 is 0 Å². The van der Waals surface area contributed by atoms with Crippen LogP contribution in [-0.4, -0.2) is 40.9 Å². The number of thiophene rings is 1. The van der Waals surface area contributed by atoms with Crippen LogP contribution >= 0.6 is 11.3 Å². The van der Waals surface area contributed by atoms with Crippen molar-refractivity contribution < 1.29 is 17.9 Å². The number of nitro benzene ring substituents is 1. The second kappa shape index (κ2) is 7.41. The number of benzene rings is 1. The van der Waals surface area contributed by atoms with Crippen LogP contribution in [0.1, 0.15) is 24.7 Å². The molecule has 1 aromatic carbocycles. The van der Waals surface area contributed by atoms with Gasteiger partial charge in [0.1, 0.15) is 0 Å². The molecule has 11 heteroatoms. The molecule has 2 aromatic heterocycles. The maximum absolute atomic E-state index is 12.9. The monoisotopic (exact) mass is 420 g/mol. The molecule has 3 aromatic rings. The standard InChI is InChI=1S/C17H16N4O5S2/c22-21(23)13-5-7-14(8-6-13)28(24,25)20-9-1-3-12(11-20)17-18-16(19-26-17)15-4-2-10-27-15/h2,4-8,10,12H,1,3,9,11H2. The maximum atomic E-state index is 12.9. The minimum Gasteiger partial charge on any atom is -0.339 e. The molecule has 0 spiro atoms. The summed E-state index contributed by atoms with van der Waals surface area (Å²) in [4.78, 5) is 15.6. The average molecular weight is 420 g/mol. The van der Waals surface area contributed by atoms with Crippen LogP contribution in [0, 0.1) is 10.1 Å². The molecule has 9 nitrogen and oxygen atoms in total. The second-order valence-corrected chi connectivity index (χ2v) is 9.27. The molecule has 0 N–H and O–H groups in total. The van der Waals surface area contributed by atoms with Crippen molar-refractivity contribution >= 4 is 27.0 Å². The predicted molar refractivity (Wildman–Crippen MR) is 101 cm³/mol. The maximum Gasteiger partial charge on any atom is 0.269 e. The summed E-state index contributed by atoms with van der Waals surface area (Å²) in [5.74, 6) is 0.732. The smallest absolute Gasteiger partial charge is 0.269 e. The number of aromatic nitrogens is 2. The molecule has 1 atom stereocenters. The van der Waals surface area contributed by atoms with E-state index in [4.69, 9.17) is 4.52 Å². The number of hydrogen-bond donors (Lipinski definition) is 0. The molecule has 0 saturated carbocycles. The Hall–Kier alpha value is -2.63. The second-order valence-electron chi connectivity index (χ2n) is 6.39. The Bertz CT molecular complexity index is 1080. The van der Waals surface area contributed by atoms with Gasteiger partial charge in [-0.25, -0.2) is 8.42 Å². The third-order valence-corrected chi connectivity index (χ3v) is 7.35. The quantitative estimate of drug-likeness (QED) is 0.459. The van der Waals surface area contributed by atoms with Crippen molar-refractivity contribution in [2.45, 2.75) is 23.7 Å². The molecule has 0 bridgehead atoms. The number of rotatable bonds is 5. The molecule has 28 heavy (non-hydrogen) atoms. The van der Waals surface area contributed by atoms with Crippen LogP contribution in [0.25, 0.3) is 10.7 Å². The Morgan fingerprint density at radius 3 is 2.71 bits per heavy atom. The lowest BCUT2D eigenvalue weighted by molar-refractivity contribution is -0.384. The Morgan fingerprint density at radius 2 is 2.04 bits per heavy atom. The van der Waals surface area contributed by atoms with E-state index in [0.717, 1.165) is 11.3 Å². The fourth-order valence-corrected chi connectivity index (χ4v) is 5.33. The van der Waals surface area contributed by atoms with Gasteiger partial charge in [0, 0.05) is 25.2 Å². The normalized spacial score (nSPS) is 18.2. The van der Waals surface area contributed by atoms with Crippen LogP contribution in [0.3, 0.4) is 0 Å². The third-order valence-electron chi connectivity index (χ3n) is 4.60. The number of nitrogens with zero attached hydrogens (tertiary/aromatic N) is 4. The van der Waals surface area contributed by atoms with Crippen molar-refractivity contribution in [2.24, 2.45) is 0 Å². The zero-order valence-corrected chi connectivity index (χ0v) is 16.2. The summed E-state index contributed by atoms with van der Waals surface area (Å²) in [7, 11) is -3.76. The summed E-state index contributed by atoms with van der Waals surface area (Å²) >= 11 is 1.50. The fourth-order valence-electron chi connectivity index (χ4n) is 3.16. The number of nitro groups is 1. The minimum atomic E-state index is -3.76. The van der Waals surface area contributed by atoms with Crippen molar-refractivity contribution in [2.75, 3.05) is 13.1 Å². The highest BCUT2D eigenvalue weighted by molar-refractivity contribution is 7.89. The molecule has 146 valence electrons. The van der Waals surface area contributed by atoms with Gasteiger partial charge in [-0.3, -0.25) is 10.1 Å². The van der Waals surface area contributed by atoms with Crippen LogP contribution in [0.5, 0.6) is 0 Å². The summed E-state index contributed by atoms with van der Waals surface area (Å²) < 4.78 is 32.6. The molecule has 0 radical (unpaired) electrons. The van der Waals surface area contributed by atoms with Crippen LogP contribution in [0.2, 0.25) is 0 Å². The van der Waals surface area contributed by atoms with Crippen molar-refractivity contribution in [3.05, 3.63) is 57.8 Å². The van der Waals surface area contributed by atoms with Gasteiger partial charge >= 0.3 is 0 Å². The fraction of sp³-hybridized carbons (Fsp3) is 0.294. The summed E-state index contributed by atoms with van der Waals surface area (Å²) in [5, 5.41) is 16.7. The van der Waals surface area contributed by atoms with Crippen molar-refractivity contribution in [1.82, 2.24) is 14.4 Å².